The molecule has 0 saturated carbocycles. The van der Waals surface area contributed by atoms with E-state index in [1.807, 2.05) is 63.2 Å². The second-order valence-electron chi connectivity index (χ2n) is 6.44. The number of aryl methyl sites for hydroxylation is 2. The third-order valence-corrected chi connectivity index (χ3v) is 4.45. The maximum absolute atomic E-state index is 12.6. The molecule has 0 unspecified atom stereocenters. The Labute approximate surface area is 159 Å². The Bertz CT molecular complexity index is 969. The Balaban J connectivity index is 1.79. The molecule has 0 bridgehead atoms. The van der Waals surface area contributed by atoms with Gasteiger partial charge < -0.3 is 14.8 Å². The third-order valence-electron chi connectivity index (χ3n) is 4.45. The van der Waals surface area contributed by atoms with Crippen LogP contribution in [0.1, 0.15) is 25.0 Å². The zero-order valence-electron chi connectivity index (χ0n) is 16.1. The topological polar surface area (TPSA) is 60.5 Å². The number of nitrogens with zero attached hydrogens (tertiary/aromatic N) is 1. The molecule has 27 heavy (non-hydrogen) atoms. The van der Waals surface area contributed by atoms with Gasteiger partial charge in [0.05, 0.1) is 12.3 Å². The molecule has 0 aliphatic heterocycles. The van der Waals surface area contributed by atoms with Gasteiger partial charge in [0, 0.05) is 11.6 Å². The molecule has 1 aromatic heterocycles. The molecule has 0 fully saturated rings. The van der Waals surface area contributed by atoms with Crippen LogP contribution in [0.25, 0.3) is 10.9 Å². The Morgan fingerprint density at radius 1 is 1.15 bits per heavy atom. The summed E-state index contributed by atoms with van der Waals surface area (Å²) in [6, 6.07) is 13.2. The van der Waals surface area contributed by atoms with Crippen LogP contribution >= 0.6 is 0 Å². The molecule has 1 N–H and O–H groups in total. The number of nitrogens with one attached hydrogen (secondary N) is 1. The van der Waals surface area contributed by atoms with Gasteiger partial charge in [-0.25, -0.2) is 0 Å². The average molecular weight is 364 g/mol. The first-order valence-electron chi connectivity index (χ1n) is 9.05. The van der Waals surface area contributed by atoms with Crippen molar-refractivity contribution >= 4 is 22.5 Å². The van der Waals surface area contributed by atoms with E-state index >= 15 is 0 Å². The molecule has 140 valence electrons. The predicted molar refractivity (Wildman–Crippen MR) is 108 cm³/mol. The van der Waals surface area contributed by atoms with Crippen molar-refractivity contribution in [3.05, 3.63) is 59.8 Å². The van der Waals surface area contributed by atoms with Crippen molar-refractivity contribution in [1.29, 1.82) is 0 Å². The van der Waals surface area contributed by atoms with Gasteiger partial charge in [0.1, 0.15) is 17.0 Å². The number of ether oxygens (including phenoxy) is 2. The highest BCUT2D eigenvalue weighted by Crippen LogP contribution is 2.30. The molecule has 0 aliphatic rings. The summed E-state index contributed by atoms with van der Waals surface area (Å²) in [6.07, 6.45) is 1.08. The zero-order chi connectivity index (χ0) is 19.4. The monoisotopic (exact) mass is 364 g/mol. The second kappa shape index (κ2) is 8.08. The second-order valence-corrected chi connectivity index (χ2v) is 6.44. The van der Waals surface area contributed by atoms with E-state index in [0.717, 1.165) is 16.5 Å². The minimum Gasteiger partial charge on any atom is -0.492 e. The van der Waals surface area contributed by atoms with Gasteiger partial charge in [-0.2, -0.15) is 0 Å². The van der Waals surface area contributed by atoms with Crippen LogP contribution in [0.15, 0.2) is 48.7 Å². The summed E-state index contributed by atoms with van der Waals surface area (Å²) in [5, 5.41) is 3.77. The Morgan fingerprint density at radius 3 is 2.70 bits per heavy atom. The van der Waals surface area contributed by atoms with E-state index in [9.17, 15) is 4.79 Å². The molecule has 2 aromatic carbocycles. The highest BCUT2D eigenvalue weighted by atomic mass is 16.5. The van der Waals surface area contributed by atoms with Crippen LogP contribution < -0.4 is 14.8 Å². The van der Waals surface area contributed by atoms with E-state index in [4.69, 9.17) is 9.47 Å². The van der Waals surface area contributed by atoms with Crippen LogP contribution in [0.5, 0.6) is 11.5 Å². The summed E-state index contributed by atoms with van der Waals surface area (Å²) in [4.78, 5) is 17.0. The molecule has 1 heterocycles. The van der Waals surface area contributed by atoms with E-state index in [0.29, 0.717) is 23.8 Å². The van der Waals surface area contributed by atoms with Crippen LogP contribution in [0, 0.1) is 13.8 Å². The van der Waals surface area contributed by atoms with Crippen molar-refractivity contribution in [2.24, 2.45) is 0 Å². The fraction of sp³-hybridized carbons (Fsp3) is 0.273. The predicted octanol–water partition coefficient (Wildman–Crippen LogP) is 4.66. The van der Waals surface area contributed by atoms with Gasteiger partial charge >= 0.3 is 0 Å². The lowest BCUT2D eigenvalue weighted by atomic mass is 10.1. The maximum Gasteiger partial charge on any atom is 0.265 e. The van der Waals surface area contributed by atoms with Crippen LogP contribution in [-0.4, -0.2) is 23.6 Å². The molecule has 3 aromatic rings. The van der Waals surface area contributed by atoms with Crippen LogP contribution in [0.2, 0.25) is 0 Å². The van der Waals surface area contributed by atoms with Crippen molar-refractivity contribution in [2.45, 2.75) is 33.8 Å². The number of aromatic nitrogens is 1. The first kappa shape index (κ1) is 18.7. The summed E-state index contributed by atoms with van der Waals surface area (Å²) >= 11 is 0. The van der Waals surface area contributed by atoms with Gasteiger partial charge in [0.2, 0.25) is 0 Å². The molecular weight excluding hydrogens is 340 g/mol. The normalized spacial score (nSPS) is 11.9. The van der Waals surface area contributed by atoms with Crippen molar-refractivity contribution in [3.8, 4) is 11.5 Å². The van der Waals surface area contributed by atoms with E-state index < -0.39 is 6.10 Å². The summed E-state index contributed by atoms with van der Waals surface area (Å²) < 4.78 is 11.4. The van der Waals surface area contributed by atoms with Crippen molar-refractivity contribution < 1.29 is 14.3 Å². The number of benzene rings is 2. The van der Waals surface area contributed by atoms with E-state index in [-0.39, 0.29) is 5.91 Å². The number of amides is 1. The highest BCUT2D eigenvalue weighted by molar-refractivity contribution is 6.04. The highest BCUT2D eigenvalue weighted by Gasteiger charge is 2.17. The van der Waals surface area contributed by atoms with Gasteiger partial charge in [0.25, 0.3) is 5.91 Å². The van der Waals surface area contributed by atoms with Gasteiger partial charge in [-0.05, 0) is 75.2 Å². The maximum atomic E-state index is 12.6. The van der Waals surface area contributed by atoms with Crippen LogP contribution in [0.4, 0.5) is 5.69 Å². The van der Waals surface area contributed by atoms with Crippen molar-refractivity contribution in [1.82, 2.24) is 4.98 Å². The number of carbonyl (C=O) groups is 1. The molecular formula is C22H24N2O3. The average Bonchev–Trinajstić information content (AvgIpc) is 2.66. The molecule has 0 aliphatic carbocycles. The third kappa shape index (κ3) is 4.19. The summed E-state index contributed by atoms with van der Waals surface area (Å²) in [5.41, 5.74) is 3.72. The van der Waals surface area contributed by atoms with Gasteiger partial charge in [0.15, 0.2) is 6.10 Å². The van der Waals surface area contributed by atoms with E-state index in [2.05, 4.69) is 10.3 Å². The number of hydrogen-bond donors (Lipinski definition) is 1. The van der Waals surface area contributed by atoms with Gasteiger partial charge in [-0.1, -0.05) is 6.07 Å². The lowest BCUT2D eigenvalue weighted by molar-refractivity contribution is -0.122. The molecule has 1 amide bonds. The summed E-state index contributed by atoms with van der Waals surface area (Å²) in [5.74, 6) is 1.16. The van der Waals surface area contributed by atoms with Crippen molar-refractivity contribution in [2.75, 3.05) is 11.9 Å². The van der Waals surface area contributed by atoms with E-state index in [1.54, 1.807) is 13.1 Å². The fourth-order valence-corrected chi connectivity index (χ4v) is 2.81. The molecule has 5 nitrogen and oxygen atoms in total. The minimum absolute atomic E-state index is 0.220. The number of carbonyl (C=O) groups excluding carboxylic acids is 1. The lowest BCUT2D eigenvalue weighted by Gasteiger charge is -2.17. The largest absolute Gasteiger partial charge is 0.492 e. The van der Waals surface area contributed by atoms with Gasteiger partial charge in [-0.3, -0.25) is 9.78 Å². The van der Waals surface area contributed by atoms with Crippen molar-refractivity contribution in [3.63, 3.8) is 0 Å². The number of anilines is 1. The SMILES string of the molecule is CCOc1ccc(NC(=O)[C@@H](C)Oc2ccc(C)c(C)c2)c2cccnc12. The number of hydrogen-bond acceptors (Lipinski definition) is 4. The molecule has 0 spiro atoms. The molecule has 0 radical (unpaired) electrons. The first-order valence-corrected chi connectivity index (χ1v) is 9.05. The number of rotatable bonds is 6. The Kier molecular flexibility index (Phi) is 5.60. The molecule has 0 saturated heterocycles. The summed E-state index contributed by atoms with van der Waals surface area (Å²) in [7, 11) is 0. The quantitative estimate of drug-likeness (QED) is 0.691. The lowest BCUT2D eigenvalue weighted by Crippen LogP contribution is -2.30. The standard InChI is InChI=1S/C22H24N2O3/c1-5-26-20-11-10-19(18-7-6-12-23-21(18)20)24-22(25)16(4)27-17-9-8-14(2)15(3)13-17/h6-13,16H,5H2,1-4H3,(H,24,25)/t16-/m1/s1. The minimum atomic E-state index is -0.634. The zero-order valence-corrected chi connectivity index (χ0v) is 16.1. The van der Waals surface area contributed by atoms with E-state index in [1.165, 1.54) is 5.56 Å². The fourth-order valence-electron chi connectivity index (χ4n) is 2.81. The number of pyridine rings is 1. The Hall–Kier alpha value is -3.08. The van der Waals surface area contributed by atoms with Crippen LogP contribution in [-0.2, 0) is 4.79 Å². The number of fused-ring (bicyclic) bond motifs is 1. The molecule has 3 rings (SSSR count). The molecule has 5 heteroatoms. The summed E-state index contributed by atoms with van der Waals surface area (Å²) in [6.45, 7) is 8.28. The van der Waals surface area contributed by atoms with Crippen LogP contribution in [0.3, 0.4) is 0 Å². The molecule has 1 atom stereocenters. The first-order chi connectivity index (χ1) is 13.0. The van der Waals surface area contributed by atoms with Gasteiger partial charge in [-0.15, -0.1) is 0 Å². The Morgan fingerprint density at radius 2 is 1.96 bits per heavy atom. The smallest absolute Gasteiger partial charge is 0.265 e.